The van der Waals surface area contributed by atoms with Crippen LogP contribution in [0.5, 0.6) is 5.75 Å². The molecule has 3 saturated carbocycles. The summed E-state index contributed by atoms with van der Waals surface area (Å²) in [6.07, 6.45) is 29.2. The Morgan fingerprint density at radius 1 is 0.683 bits per heavy atom. The van der Waals surface area contributed by atoms with Crippen molar-refractivity contribution in [3.05, 3.63) is 135 Å². The Labute approximate surface area is 389 Å². The fraction of sp³-hybridized carbons (Fsp3) is 0.472. The predicted molar refractivity (Wildman–Crippen MR) is 252 cm³/mol. The van der Waals surface area contributed by atoms with Gasteiger partial charge in [0, 0.05) is 10.8 Å². The van der Waals surface area contributed by atoms with E-state index in [0.717, 1.165) is 25.4 Å². The van der Waals surface area contributed by atoms with Crippen molar-refractivity contribution in [2.24, 2.45) is 0 Å². The van der Waals surface area contributed by atoms with E-state index in [4.69, 9.17) is 4.74 Å². The summed E-state index contributed by atoms with van der Waals surface area (Å²) < 4.78 is 7.68. The van der Waals surface area contributed by atoms with Gasteiger partial charge < -0.3 is 17.1 Å². The van der Waals surface area contributed by atoms with Crippen LogP contribution in [0.25, 0.3) is 11.3 Å². The van der Waals surface area contributed by atoms with Gasteiger partial charge in [-0.2, -0.15) is 0 Å². The van der Waals surface area contributed by atoms with E-state index in [1.165, 1.54) is 85.8 Å². The summed E-state index contributed by atoms with van der Waals surface area (Å²) in [6.45, 7) is 9.28. The van der Waals surface area contributed by atoms with Crippen molar-refractivity contribution < 1.29 is 41.2 Å². The first-order valence-corrected chi connectivity index (χ1v) is 23.9. The van der Waals surface area contributed by atoms with Crippen LogP contribution in [0.2, 0.25) is 0 Å². The molecule has 0 saturated heterocycles. The molecule has 9 rings (SSSR count). The molecule has 322 valence electrons. The van der Waals surface area contributed by atoms with E-state index >= 15 is 0 Å². The minimum Gasteiger partial charge on any atom is -1.00 e. The third-order valence-electron chi connectivity index (χ3n) is 13.0. The molecule has 0 spiro atoms. The van der Waals surface area contributed by atoms with Gasteiger partial charge in [-0.1, -0.05) is 150 Å². The van der Waals surface area contributed by atoms with Gasteiger partial charge in [-0.3, -0.25) is 0 Å². The number of rotatable bonds is 8. The fourth-order valence-electron chi connectivity index (χ4n) is 10.4. The maximum absolute atomic E-state index is 5.45. The van der Waals surface area contributed by atoms with Crippen molar-refractivity contribution in [2.75, 3.05) is 25.1 Å². The van der Waals surface area contributed by atoms with E-state index < -0.39 is 0 Å². The van der Waals surface area contributed by atoms with Crippen molar-refractivity contribution in [2.45, 2.75) is 141 Å². The zero-order valence-corrected chi connectivity index (χ0v) is 40.8. The number of fused-ring (bicyclic) bond motifs is 1. The van der Waals surface area contributed by atoms with Crippen LogP contribution >= 0.6 is 20.3 Å². The Bertz CT molecular complexity index is 2050. The van der Waals surface area contributed by atoms with Gasteiger partial charge >= 0.3 is 25.8 Å². The zero-order chi connectivity index (χ0) is 39.4. The first kappa shape index (κ1) is 50.0. The maximum atomic E-state index is 5.45. The minimum absolute atomic E-state index is 0. The number of nitrogens with zero attached hydrogens (tertiary/aromatic N) is 2. The van der Waals surface area contributed by atoms with Crippen molar-refractivity contribution in [1.82, 2.24) is 0 Å². The maximum Gasteiger partial charge on any atom is 1.00 e. The van der Waals surface area contributed by atoms with E-state index in [-0.39, 0.29) is 44.3 Å². The number of benzene rings is 4. The summed E-state index contributed by atoms with van der Waals surface area (Å²) in [5, 5.41) is 2.47. The molecule has 2 radical (unpaired) electrons. The van der Waals surface area contributed by atoms with Crippen molar-refractivity contribution in [1.29, 1.82) is 0 Å². The van der Waals surface area contributed by atoms with Gasteiger partial charge in [-0.15, -0.1) is 18.1 Å². The molecule has 60 heavy (non-hydrogen) atoms. The molecule has 4 aliphatic carbocycles. The van der Waals surface area contributed by atoms with Gasteiger partial charge in [0.2, 0.25) is 0 Å². The standard InChI is InChI=1S/C20H24N2O.C18H33P.C15H10.2ClH.Ru/c1-15-11-16(2)20(17(3)12-15)22-10-9-21(14-22)13-18-7-5-6-8-19(18)23-4;1-4-10-16(11-5-1)19(17-12-6-2-7-13-17)18-14-8-3-9-15-18;1-2-6-12(7-3-1)15-11-10-13-8-4-5-9-14(13)15;;;/h5-8,11-12H,9-10,13H2,1-4H3;16-18H,1-15H2;1-9,11H;2*1H;/q+1;;;;;+1/p-1. The SMILES string of the molecule is C1=CC(c2ccccc2)=c2ccccc2=1.C1CCC(P(C2CCCCC2)C2CCCCC2)CC1.COc1ccccc1C[N+]1=[C]N(c2c(C)cc(C)cc2C)CC1.Cl.[Cl-].[Ru+]. The molecule has 4 aromatic carbocycles. The average molecular weight is 952 g/mol. The number of halogens is 2. The van der Waals surface area contributed by atoms with Crippen LogP contribution in [0, 0.1) is 20.8 Å². The molecule has 0 atom stereocenters. The van der Waals surface area contributed by atoms with Crippen LogP contribution in [0.4, 0.5) is 5.69 Å². The monoisotopic (exact) mass is 951 g/mol. The molecule has 1 heterocycles. The largest absolute Gasteiger partial charge is 1.00 e. The first-order valence-electron chi connectivity index (χ1n) is 22.4. The normalized spacial score (nSPS) is 17.6. The summed E-state index contributed by atoms with van der Waals surface area (Å²) >= 11 is 0. The number of para-hydroxylation sites is 1. The summed E-state index contributed by atoms with van der Waals surface area (Å²) in [5.41, 5.74) is 15.8. The Balaban J connectivity index is 0.000000197. The molecule has 7 heteroatoms. The van der Waals surface area contributed by atoms with Gasteiger partial charge in [-0.05, 0) is 122 Å². The molecule has 0 amide bonds. The van der Waals surface area contributed by atoms with Crippen LogP contribution in [0.1, 0.15) is 124 Å². The quantitative estimate of drug-likeness (QED) is 0.0996. The van der Waals surface area contributed by atoms with Gasteiger partial charge in [-0.25, -0.2) is 9.48 Å². The smallest absolute Gasteiger partial charge is 1.00 e. The van der Waals surface area contributed by atoms with Gasteiger partial charge in [0.05, 0.1) is 7.11 Å². The minimum atomic E-state index is 0. The third-order valence-corrected chi connectivity index (χ3v) is 17.1. The van der Waals surface area contributed by atoms with E-state index in [2.05, 4.69) is 115 Å². The van der Waals surface area contributed by atoms with E-state index in [1.807, 2.05) is 24.3 Å². The van der Waals surface area contributed by atoms with E-state index in [9.17, 15) is 0 Å². The third kappa shape index (κ3) is 13.2. The summed E-state index contributed by atoms with van der Waals surface area (Å²) in [6, 6.07) is 31.5. The van der Waals surface area contributed by atoms with Crippen molar-refractivity contribution >= 4 is 43.7 Å². The molecule has 0 N–H and O–H groups in total. The van der Waals surface area contributed by atoms with Crippen LogP contribution in [0.3, 0.4) is 0 Å². The Hall–Kier alpha value is -2.70. The summed E-state index contributed by atoms with van der Waals surface area (Å²) in [7, 11) is 2.11. The summed E-state index contributed by atoms with van der Waals surface area (Å²) in [4.78, 5) is 2.25. The second-order valence-electron chi connectivity index (χ2n) is 17.2. The number of aryl methyl sites for hydroxylation is 3. The van der Waals surface area contributed by atoms with Crippen LogP contribution < -0.4 is 32.5 Å². The Morgan fingerprint density at radius 3 is 1.77 bits per heavy atom. The molecule has 0 bridgehead atoms. The molecule has 3 nitrogen and oxygen atoms in total. The summed E-state index contributed by atoms with van der Waals surface area (Å²) in [5.74, 6) is 0.940. The number of ether oxygens (including phenoxy) is 1. The zero-order valence-electron chi connectivity index (χ0n) is 36.6. The van der Waals surface area contributed by atoms with Crippen molar-refractivity contribution in [3.8, 4) is 5.75 Å². The van der Waals surface area contributed by atoms with Crippen molar-refractivity contribution in [3.63, 3.8) is 0 Å². The van der Waals surface area contributed by atoms with Gasteiger partial charge in [0.25, 0.3) is 0 Å². The molecule has 5 aliphatic rings. The molecule has 0 aromatic heterocycles. The molecule has 3 fully saturated rings. The molecule has 0 unspecified atom stereocenters. The predicted octanol–water partition coefficient (Wildman–Crippen LogP) is 9.28. The number of allylic oxidation sites excluding steroid dienone is 1. The fourth-order valence-corrected chi connectivity index (χ4v) is 15.0. The number of hydrogen-bond donors (Lipinski definition) is 0. The molecule has 1 aliphatic heterocycles. The second-order valence-corrected chi connectivity index (χ2v) is 20.3. The van der Waals surface area contributed by atoms with Crippen LogP contribution in [-0.4, -0.2) is 48.1 Å². The van der Waals surface area contributed by atoms with E-state index in [0.29, 0.717) is 7.92 Å². The van der Waals surface area contributed by atoms with E-state index in [1.54, 1.807) is 84.2 Å². The number of methoxy groups -OCH3 is 1. The number of hydrogen-bond acceptors (Lipinski definition) is 2. The average Bonchev–Trinajstić information content (AvgIpc) is 3.90. The van der Waals surface area contributed by atoms with Crippen LogP contribution in [0.15, 0.2) is 97.1 Å². The Morgan fingerprint density at radius 2 is 1.20 bits per heavy atom. The number of anilines is 1. The van der Waals surface area contributed by atoms with Gasteiger partial charge in [0.15, 0.2) is 0 Å². The molecular weight excluding hydrogens is 884 g/mol. The topological polar surface area (TPSA) is 15.5 Å². The first-order chi connectivity index (χ1) is 28.0. The molecule has 4 aromatic rings. The van der Waals surface area contributed by atoms with Crippen LogP contribution in [-0.2, 0) is 26.0 Å². The van der Waals surface area contributed by atoms with Gasteiger partial charge in [0.1, 0.15) is 31.1 Å². The second kappa shape index (κ2) is 25.4. The molecular formula is C53H68Cl2N2OPRu+. The Kier molecular flexibility index (Phi) is 21.2.